The van der Waals surface area contributed by atoms with Gasteiger partial charge in [-0.25, -0.2) is 0 Å². The molecule has 1 saturated heterocycles. The van der Waals surface area contributed by atoms with Crippen molar-refractivity contribution in [3.05, 3.63) is 35.9 Å². The van der Waals surface area contributed by atoms with Gasteiger partial charge in [0.1, 0.15) is 0 Å². The maximum Gasteiger partial charge on any atom is 0.306 e. The third-order valence-electron chi connectivity index (χ3n) is 5.22. The van der Waals surface area contributed by atoms with Crippen LogP contribution in [0.5, 0.6) is 0 Å². The number of carbonyl (C=O) groups is 2. The first kappa shape index (κ1) is 16.0. The van der Waals surface area contributed by atoms with E-state index in [0.29, 0.717) is 38.9 Å². The quantitative estimate of drug-likeness (QED) is 0.892. The van der Waals surface area contributed by atoms with Crippen molar-refractivity contribution >= 4 is 11.9 Å². The molecule has 3 rings (SSSR count). The second-order valence-electron chi connectivity index (χ2n) is 6.58. The van der Waals surface area contributed by atoms with E-state index in [0.717, 1.165) is 12.0 Å². The van der Waals surface area contributed by atoms with Gasteiger partial charge in [-0.1, -0.05) is 30.3 Å². The smallest absolute Gasteiger partial charge is 0.306 e. The largest absolute Gasteiger partial charge is 0.481 e. The molecule has 2 atom stereocenters. The fourth-order valence-corrected chi connectivity index (χ4v) is 3.78. The fraction of sp³-hybridized carbons (Fsp3) is 0.556. The van der Waals surface area contributed by atoms with E-state index in [1.165, 1.54) is 0 Å². The van der Waals surface area contributed by atoms with Crippen LogP contribution in [0, 0.1) is 5.92 Å². The van der Waals surface area contributed by atoms with Crippen LogP contribution in [0.1, 0.15) is 37.7 Å². The Morgan fingerprint density at radius 3 is 2.43 bits per heavy atom. The highest BCUT2D eigenvalue weighted by Gasteiger charge is 2.43. The van der Waals surface area contributed by atoms with Gasteiger partial charge in [-0.15, -0.1) is 0 Å². The van der Waals surface area contributed by atoms with Gasteiger partial charge in [-0.05, 0) is 37.7 Å². The summed E-state index contributed by atoms with van der Waals surface area (Å²) in [7, 11) is 0. The molecule has 0 radical (unpaired) electrons. The van der Waals surface area contributed by atoms with Crippen molar-refractivity contribution in [2.45, 2.75) is 43.6 Å². The van der Waals surface area contributed by atoms with Crippen molar-refractivity contribution in [1.82, 2.24) is 5.32 Å². The van der Waals surface area contributed by atoms with E-state index in [-0.39, 0.29) is 17.9 Å². The summed E-state index contributed by atoms with van der Waals surface area (Å²) in [4.78, 5) is 24.1. The molecule has 0 spiro atoms. The fourth-order valence-electron chi connectivity index (χ4n) is 3.78. The number of carboxylic acid groups (broad SMARTS) is 1. The molecule has 1 aliphatic heterocycles. The standard InChI is InChI=1S/C18H23NO4/c20-16(21)13-6-7-15(12-13)19-17(22)18(8-10-23-11-9-18)14-4-2-1-3-5-14/h1-5,13,15H,6-12H2,(H,19,22)(H,20,21)/t13-,15+/m0/s1. The van der Waals surface area contributed by atoms with E-state index in [4.69, 9.17) is 9.84 Å². The van der Waals surface area contributed by atoms with Gasteiger partial charge in [0.25, 0.3) is 0 Å². The SMILES string of the molecule is O=C(O)[C@H]1CC[C@@H](NC(=O)C2(c3ccccc3)CCOCC2)C1. The van der Waals surface area contributed by atoms with Gasteiger partial charge in [0.05, 0.1) is 11.3 Å². The molecule has 124 valence electrons. The van der Waals surface area contributed by atoms with Crippen LogP contribution in [0.3, 0.4) is 0 Å². The van der Waals surface area contributed by atoms with Crippen LogP contribution in [-0.2, 0) is 19.7 Å². The Labute approximate surface area is 136 Å². The molecule has 0 aromatic heterocycles. The molecule has 2 aliphatic rings. The summed E-state index contributed by atoms with van der Waals surface area (Å²) in [6.07, 6.45) is 3.24. The van der Waals surface area contributed by atoms with Gasteiger partial charge in [0.15, 0.2) is 0 Å². The van der Waals surface area contributed by atoms with E-state index in [9.17, 15) is 9.59 Å². The zero-order valence-corrected chi connectivity index (χ0v) is 13.2. The van der Waals surface area contributed by atoms with Crippen LogP contribution in [0.4, 0.5) is 0 Å². The van der Waals surface area contributed by atoms with Gasteiger partial charge in [0.2, 0.25) is 5.91 Å². The average molecular weight is 317 g/mol. The Kier molecular flexibility index (Phi) is 4.66. The lowest BCUT2D eigenvalue weighted by atomic mass is 9.73. The number of rotatable bonds is 4. The summed E-state index contributed by atoms with van der Waals surface area (Å²) in [5.74, 6) is -1.07. The van der Waals surface area contributed by atoms with Crippen molar-refractivity contribution in [2.24, 2.45) is 5.92 Å². The molecular formula is C18H23NO4. The molecule has 1 saturated carbocycles. The molecule has 1 aromatic rings. The van der Waals surface area contributed by atoms with Crippen molar-refractivity contribution in [1.29, 1.82) is 0 Å². The minimum atomic E-state index is -0.759. The number of carboxylic acids is 1. The molecule has 2 fully saturated rings. The molecule has 0 bridgehead atoms. The molecule has 5 heteroatoms. The van der Waals surface area contributed by atoms with E-state index >= 15 is 0 Å². The number of benzene rings is 1. The Balaban J connectivity index is 1.75. The molecule has 0 unspecified atom stereocenters. The summed E-state index contributed by atoms with van der Waals surface area (Å²) in [6.45, 7) is 1.15. The first-order valence-electron chi connectivity index (χ1n) is 8.29. The van der Waals surface area contributed by atoms with Crippen LogP contribution in [-0.4, -0.2) is 36.2 Å². The number of hydrogen-bond donors (Lipinski definition) is 2. The van der Waals surface area contributed by atoms with Crippen molar-refractivity contribution in [2.75, 3.05) is 13.2 Å². The minimum absolute atomic E-state index is 0.0167. The molecule has 1 aromatic carbocycles. The number of aliphatic carboxylic acids is 1. The summed E-state index contributed by atoms with van der Waals surface area (Å²) in [6, 6.07) is 9.82. The summed E-state index contributed by atoms with van der Waals surface area (Å²) in [5, 5.41) is 12.2. The van der Waals surface area contributed by atoms with Crippen molar-refractivity contribution in [3.63, 3.8) is 0 Å². The molecule has 1 aliphatic carbocycles. The number of hydrogen-bond acceptors (Lipinski definition) is 3. The van der Waals surface area contributed by atoms with Crippen molar-refractivity contribution < 1.29 is 19.4 Å². The number of amides is 1. The summed E-state index contributed by atoms with van der Waals surface area (Å²) < 4.78 is 5.46. The van der Waals surface area contributed by atoms with E-state index in [2.05, 4.69) is 5.32 Å². The Morgan fingerprint density at radius 2 is 1.83 bits per heavy atom. The van der Waals surface area contributed by atoms with E-state index < -0.39 is 11.4 Å². The normalized spacial score (nSPS) is 26.6. The zero-order valence-electron chi connectivity index (χ0n) is 13.2. The molecule has 23 heavy (non-hydrogen) atoms. The monoisotopic (exact) mass is 317 g/mol. The first-order valence-corrected chi connectivity index (χ1v) is 8.29. The van der Waals surface area contributed by atoms with Gasteiger partial charge >= 0.3 is 5.97 Å². The summed E-state index contributed by atoms with van der Waals surface area (Å²) in [5.41, 5.74) is 0.467. The average Bonchev–Trinajstić information content (AvgIpc) is 3.05. The second kappa shape index (κ2) is 6.71. The molecule has 5 nitrogen and oxygen atoms in total. The van der Waals surface area contributed by atoms with E-state index in [1.807, 2.05) is 30.3 Å². The highest BCUT2D eigenvalue weighted by Crippen LogP contribution is 2.36. The predicted octanol–water partition coefficient (Wildman–Crippen LogP) is 2.10. The molecule has 2 N–H and O–H groups in total. The third kappa shape index (κ3) is 3.24. The highest BCUT2D eigenvalue weighted by molar-refractivity contribution is 5.88. The second-order valence-corrected chi connectivity index (χ2v) is 6.58. The zero-order chi connectivity index (χ0) is 16.3. The van der Waals surface area contributed by atoms with Crippen LogP contribution >= 0.6 is 0 Å². The van der Waals surface area contributed by atoms with Crippen LogP contribution in [0.15, 0.2) is 30.3 Å². The maximum absolute atomic E-state index is 13.0. The lowest BCUT2D eigenvalue weighted by molar-refractivity contribution is -0.141. The Hall–Kier alpha value is -1.88. The molecule has 1 heterocycles. The van der Waals surface area contributed by atoms with E-state index in [1.54, 1.807) is 0 Å². The minimum Gasteiger partial charge on any atom is -0.481 e. The number of ether oxygens (including phenoxy) is 1. The van der Waals surface area contributed by atoms with Gasteiger partial charge in [0, 0.05) is 19.3 Å². The van der Waals surface area contributed by atoms with Crippen LogP contribution < -0.4 is 5.32 Å². The summed E-state index contributed by atoms with van der Waals surface area (Å²) >= 11 is 0. The topological polar surface area (TPSA) is 75.6 Å². The lowest BCUT2D eigenvalue weighted by Gasteiger charge is -2.37. The van der Waals surface area contributed by atoms with Crippen molar-refractivity contribution in [3.8, 4) is 0 Å². The number of nitrogens with one attached hydrogen (secondary N) is 1. The van der Waals surface area contributed by atoms with Gasteiger partial charge in [-0.2, -0.15) is 0 Å². The Morgan fingerprint density at radius 1 is 1.13 bits per heavy atom. The van der Waals surface area contributed by atoms with Gasteiger partial charge < -0.3 is 15.2 Å². The maximum atomic E-state index is 13.0. The first-order chi connectivity index (χ1) is 11.1. The van der Waals surface area contributed by atoms with Gasteiger partial charge in [-0.3, -0.25) is 9.59 Å². The lowest BCUT2D eigenvalue weighted by Crippen LogP contribution is -2.50. The number of carbonyl (C=O) groups excluding carboxylic acids is 1. The van der Waals surface area contributed by atoms with Crippen LogP contribution in [0.25, 0.3) is 0 Å². The van der Waals surface area contributed by atoms with Crippen LogP contribution in [0.2, 0.25) is 0 Å². The highest BCUT2D eigenvalue weighted by atomic mass is 16.5. The third-order valence-corrected chi connectivity index (χ3v) is 5.22. The predicted molar refractivity (Wildman–Crippen MR) is 85.1 cm³/mol. The Bertz CT molecular complexity index is 566. The molecular weight excluding hydrogens is 294 g/mol. The molecule has 1 amide bonds.